The van der Waals surface area contributed by atoms with Gasteiger partial charge < -0.3 is 5.32 Å². The van der Waals surface area contributed by atoms with Crippen molar-refractivity contribution >= 4 is 11.8 Å². The third-order valence-electron chi connectivity index (χ3n) is 1.64. The Hall–Kier alpha value is -0.200. The minimum Gasteiger partial charge on any atom is -0.647 e. The van der Waals surface area contributed by atoms with E-state index < -0.39 is 0 Å². The molecule has 0 bridgehead atoms. The molecule has 0 spiro atoms. The number of hydrogen-bond acceptors (Lipinski definition) is 2. The molecule has 1 saturated heterocycles. The van der Waals surface area contributed by atoms with Crippen LogP contribution in [-0.4, -0.2) is 24.1 Å². The van der Waals surface area contributed by atoms with Gasteiger partial charge in [0.1, 0.15) is 0 Å². The zero-order chi connectivity index (χ0) is 6.74. The highest BCUT2D eigenvalue weighted by Crippen LogP contribution is 2.32. The monoisotopic (exact) mass is 141 g/mol. The van der Waals surface area contributed by atoms with Crippen LogP contribution in [0.4, 0.5) is 0 Å². The maximum absolute atomic E-state index is 8.66. The van der Waals surface area contributed by atoms with Crippen molar-refractivity contribution < 1.29 is 0 Å². The minimum atomic E-state index is -0.329. The summed E-state index contributed by atoms with van der Waals surface area (Å²) in [5, 5.41) is 12.7. The summed E-state index contributed by atoms with van der Waals surface area (Å²) in [6.07, 6.45) is 0.935. The van der Waals surface area contributed by atoms with Crippen LogP contribution in [0.3, 0.4) is 0 Å². The molecule has 0 aromatic rings. The number of rotatable bonds is 1. The zero-order valence-electron chi connectivity index (χ0n) is 5.42. The first kappa shape index (κ1) is 6.91. The summed E-state index contributed by atoms with van der Waals surface area (Å²) in [6, 6.07) is 2.24. The van der Waals surface area contributed by atoms with Gasteiger partial charge in [0.2, 0.25) is 0 Å². The number of nitrogens with zero attached hydrogens (tertiary/aromatic N) is 2. The van der Waals surface area contributed by atoms with Crippen molar-refractivity contribution in [3.8, 4) is 6.07 Å². The van der Waals surface area contributed by atoms with Crippen LogP contribution in [0.15, 0.2) is 0 Å². The van der Waals surface area contributed by atoms with Gasteiger partial charge in [0, 0.05) is 6.07 Å². The molecule has 1 aliphatic rings. The van der Waals surface area contributed by atoms with E-state index in [1.165, 1.54) is 0 Å². The van der Waals surface area contributed by atoms with Gasteiger partial charge in [-0.05, 0) is 23.5 Å². The number of thioether (sulfide) groups is 1. The molecule has 1 atom stereocenters. The van der Waals surface area contributed by atoms with E-state index in [1.807, 2.05) is 11.8 Å². The summed E-state index contributed by atoms with van der Waals surface area (Å²) >= 11 is 1.81. The van der Waals surface area contributed by atoms with Crippen molar-refractivity contribution in [3.05, 3.63) is 5.32 Å². The number of hydrogen-bond donors (Lipinski definition) is 0. The lowest BCUT2D eigenvalue weighted by Gasteiger charge is -2.31. The topological polar surface area (TPSA) is 37.9 Å². The van der Waals surface area contributed by atoms with Crippen LogP contribution in [0.1, 0.15) is 6.42 Å². The SMILES string of the molecule is C[N-]C1(C#N)CCSC1. The summed E-state index contributed by atoms with van der Waals surface area (Å²) in [4.78, 5) is 0. The van der Waals surface area contributed by atoms with Gasteiger partial charge in [-0.15, -0.1) is 0 Å². The average molecular weight is 141 g/mol. The van der Waals surface area contributed by atoms with Crippen molar-refractivity contribution in [1.29, 1.82) is 5.26 Å². The predicted molar refractivity (Wildman–Crippen MR) is 39.6 cm³/mol. The lowest BCUT2D eigenvalue weighted by atomic mass is 10.0. The van der Waals surface area contributed by atoms with Gasteiger partial charge in [-0.3, -0.25) is 0 Å². The first-order valence-electron chi connectivity index (χ1n) is 2.93. The van der Waals surface area contributed by atoms with Crippen LogP contribution in [0.2, 0.25) is 0 Å². The molecule has 0 radical (unpaired) electrons. The molecule has 9 heavy (non-hydrogen) atoms. The van der Waals surface area contributed by atoms with Crippen LogP contribution >= 0.6 is 11.8 Å². The molecule has 3 heteroatoms. The van der Waals surface area contributed by atoms with E-state index in [1.54, 1.807) is 7.05 Å². The summed E-state index contributed by atoms with van der Waals surface area (Å²) in [5.74, 6) is 1.98. The van der Waals surface area contributed by atoms with Crippen molar-refractivity contribution in [1.82, 2.24) is 0 Å². The first-order valence-corrected chi connectivity index (χ1v) is 4.08. The Morgan fingerprint density at radius 3 is 2.78 bits per heavy atom. The molecule has 2 nitrogen and oxygen atoms in total. The Balaban J connectivity index is 2.59. The van der Waals surface area contributed by atoms with Crippen LogP contribution in [0, 0.1) is 11.3 Å². The highest BCUT2D eigenvalue weighted by molar-refractivity contribution is 7.99. The van der Waals surface area contributed by atoms with Gasteiger partial charge in [0.25, 0.3) is 0 Å². The molecular formula is C6H9N2S-. The second kappa shape index (κ2) is 2.59. The second-order valence-electron chi connectivity index (χ2n) is 2.17. The van der Waals surface area contributed by atoms with Crippen molar-refractivity contribution in [2.45, 2.75) is 12.0 Å². The molecule has 1 heterocycles. The van der Waals surface area contributed by atoms with E-state index in [0.29, 0.717) is 0 Å². The van der Waals surface area contributed by atoms with Gasteiger partial charge >= 0.3 is 0 Å². The van der Waals surface area contributed by atoms with E-state index in [4.69, 9.17) is 5.26 Å². The smallest absolute Gasteiger partial charge is 0.0472 e. The Kier molecular flexibility index (Phi) is 1.99. The highest BCUT2D eigenvalue weighted by atomic mass is 32.2. The lowest BCUT2D eigenvalue weighted by Crippen LogP contribution is -2.23. The predicted octanol–water partition coefficient (Wildman–Crippen LogP) is 1.39. The Labute approximate surface area is 59.6 Å². The third-order valence-corrected chi connectivity index (χ3v) is 2.81. The fourth-order valence-electron chi connectivity index (χ4n) is 0.869. The summed E-state index contributed by atoms with van der Waals surface area (Å²) < 4.78 is 0. The van der Waals surface area contributed by atoms with Crippen LogP contribution in [0.5, 0.6) is 0 Å². The summed E-state index contributed by atoms with van der Waals surface area (Å²) in [6.45, 7) is 0. The maximum Gasteiger partial charge on any atom is 0.0472 e. The molecule has 1 fully saturated rings. The van der Waals surface area contributed by atoms with Gasteiger partial charge in [-0.2, -0.15) is 24.1 Å². The maximum atomic E-state index is 8.66. The summed E-state index contributed by atoms with van der Waals surface area (Å²) in [7, 11) is 1.73. The molecule has 0 aromatic carbocycles. The Morgan fingerprint density at radius 1 is 1.78 bits per heavy atom. The van der Waals surface area contributed by atoms with E-state index >= 15 is 0 Å². The summed E-state index contributed by atoms with van der Waals surface area (Å²) in [5.41, 5.74) is -0.329. The average Bonchev–Trinajstić information content (AvgIpc) is 2.36. The first-order chi connectivity index (χ1) is 4.33. The third kappa shape index (κ3) is 1.20. The molecule has 1 aliphatic heterocycles. The van der Waals surface area contributed by atoms with Gasteiger partial charge in [-0.25, -0.2) is 0 Å². The molecule has 0 saturated carbocycles. The molecule has 1 unspecified atom stereocenters. The molecule has 0 aliphatic carbocycles. The largest absolute Gasteiger partial charge is 0.647 e. The van der Waals surface area contributed by atoms with Gasteiger partial charge in [0.05, 0.1) is 0 Å². The van der Waals surface area contributed by atoms with E-state index in [-0.39, 0.29) is 5.54 Å². The molecular weight excluding hydrogens is 132 g/mol. The van der Waals surface area contributed by atoms with E-state index in [0.717, 1.165) is 17.9 Å². The van der Waals surface area contributed by atoms with E-state index in [2.05, 4.69) is 11.4 Å². The Morgan fingerprint density at radius 2 is 2.56 bits per heavy atom. The van der Waals surface area contributed by atoms with Crippen molar-refractivity contribution in [2.24, 2.45) is 0 Å². The molecule has 0 aromatic heterocycles. The van der Waals surface area contributed by atoms with E-state index in [9.17, 15) is 0 Å². The molecule has 0 N–H and O–H groups in total. The van der Waals surface area contributed by atoms with Crippen molar-refractivity contribution in [2.75, 3.05) is 18.6 Å². The zero-order valence-corrected chi connectivity index (χ0v) is 6.24. The van der Waals surface area contributed by atoms with Crippen molar-refractivity contribution in [3.63, 3.8) is 0 Å². The highest BCUT2D eigenvalue weighted by Gasteiger charge is 2.23. The quantitative estimate of drug-likeness (QED) is 0.553. The lowest BCUT2D eigenvalue weighted by molar-refractivity contribution is 0.689. The van der Waals surface area contributed by atoms with Crippen LogP contribution in [-0.2, 0) is 0 Å². The molecule has 1 rings (SSSR count). The molecule has 0 amide bonds. The second-order valence-corrected chi connectivity index (χ2v) is 3.27. The fourth-order valence-corrected chi connectivity index (χ4v) is 2.17. The fraction of sp³-hybridized carbons (Fsp3) is 0.833. The van der Waals surface area contributed by atoms with Crippen LogP contribution < -0.4 is 0 Å². The van der Waals surface area contributed by atoms with Gasteiger partial charge in [0.15, 0.2) is 0 Å². The van der Waals surface area contributed by atoms with Gasteiger partial charge in [-0.1, -0.05) is 0 Å². The Bertz CT molecular complexity index is 132. The number of nitriles is 1. The normalized spacial score (nSPS) is 34.2. The van der Waals surface area contributed by atoms with Crippen LogP contribution in [0.25, 0.3) is 5.32 Å². The standard InChI is InChI=1S/C6H9N2S/c1-8-6(4-7)2-3-9-5-6/h2-3,5H2,1H3/q-1. The molecule has 50 valence electrons. The minimum absolute atomic E-state index is 0.329.